The predicted octanol–water partition coefficient (Wildman–Crippen LogP) is 2.66. The van der Waals surface area contributed by atoms with Crippen molar-refractivity contribution in [3.8, 4) is 16.8 Å². The molecule has 0 aliphatic heterocycles. The smallest absolute Gasteiger partial charge is 0.167 e. The molecule has 0 unspecified atom stereocenters. The summed E-state index contributed by atoms with van der Waals surface area (Å²) >= 11 is 0. The van der Waals surface area contributed by atoms with E-state index in [0.717, 1.165) is 11.1 Å². The standard InChI is InChI=1S/C14H11FN4/c15-13-8-17-6-5-14(13)19-9-11(7-18-19)10-1-3-12(16)4-2-10/h1-9H,16H2. The van der Waals surface area contributed by atoms with Gasteiger partial charge in [0.15, 0.2) is 5.82 Å². The van der Waals surface area contributed by atoms with Crippen molar-refractivity contribution in [2.45, 2.75) is 0 Å². The van der Waals surface area contributed by atoms with Gasteiger partial charge in [-0.3, -0.25) is 4.98 Å². The third kappa shape index (κ3) is 2.18. The summed E-state index contributed by atoms with van der Waals surface area (Å²) in [6.45, 7) is 0. The fourth-order valence-electron chi connectivity index (χ4n) is 1.83. The van der Waals surface area contributed by atoms with Gasteiger partial charge in [-0.15, -0.1) is 0 Å². The monoisotopic (exact) mass is 254 g/mol. The van der Waals surface area contributed by atoms with Gasteiger partial charge in [-0.25, -0.2) is 9.07 Å². The van der Waals surface area contributed by atoms with Crippen LogP contribution in [0.15, 0.2) is 55.1 Å². The predicted molar refractivity (Wildman–Crippen MR) is 71.2 cm³/mol. The SMILES string of the molecule is Nc1ccc(-c2cnn(-c3ccncc3F)c2)cc1. The third-order valence-corrected chi connectivity index (χ3v) is 2.82. The lowest BCUT2D eigenvalue weighted by Gasteiger charge is -2.01. The van der Waals surface area contributed by atoms with Gasteiger partial charge in [0.1, 0.15) is 5.69 Å². The van der Waals surface area contributed by atoms with E-state index in [1.807, 2.05) is 24.3 Å². The maximum Gasteiger partial charge on any atom is 0.167 e. The maximum absolute atomic E-state index is 13.6. The summed E-state index contributed by atoms with van der Waals surface area (Å²) in [5.41, 5.74) is 8.60. The number of nitrogens with two attached hydrogens (primary N) is 1. The van der Waals surface area contributed by atoms with Gasteiger partial charge >= 0.3 is 0 Å². The van der Waals surface area contributed by atoms with Crippen LogP contribution in [0, 0.1) is 5.82 Å². The van der Waals surface area contributed by atoms with Crippen LogP contribution in [-0.4, -0.2) is 14.8 Å². The molecule has 3 rings (SSSR count). The molecule has 1 aromatic carbocycles. The first-order chi connectivity index (χ1) is 9.24. The molecule has 0 aliphatic rings. The largest absolute Gasteiger partial charge is 0.399 e. The molecule has 0 atom stereocenters. The van der Waals surface area contributed by atoms with E-state index in [-0.39, 0.29) is 0 Å². The first-order valence-corrected chi connectivity index (χ1v) is 5.74. The van der Waals surface area contributed by atoms with Gasteiger partial charge in [-0.05, 0) is 23.8 Å². The van der Waals surface area contributed by atoms with Crippen LogP contribution in [0.2, 0.25) is 0 Å². The van der Waals surface area contributed by atoms with Crippen molar-refractivity contribution < 1.29 is 4.39 Å². The van der Waals surface area contributed by atoms with Crippen molar-refractivity contribution in [3.63, 3.8) is 0 Å². The summed E-state index contributed by atoms with van der Waals surface area (Å²) in [5, 5.41) is 4.16. The molecule has 2 heterocycles. The molecule has 94 valence electrons. The number of hydrogen-bond acceptors (Lipinski definition) is 3. The van der Waals surface area contributed by atoms with E-state index in [0.29, 0.717) is 11.4 Å². The van der Waals surface area contributed by atoms with Gasteiger partial charge in [0.25, 0.3) is 0 Å². The fourth-order valence-corrected chi connectivity index (χ4v) is 1.83. The molecular formula is C14H11FN4. The molecule has 3 aromatic rings. The summed E-state index contributed by atoms with van der Waals surface area (Å²) in [7, 11) is 0. The highest BCUT2D eigenvalue weighted by Gasteiger charge is 2.07. The van der Waals surface area contributed by atoms with E-state index in [2.05, 4.69) is 10.1 Å². The van der Waals surface area contributed by atoms with Crippen LogP contribution in [0.1, 0.15) is 0 Å². The van der Waals surface area contributed by atoms with E-state index in [1.54, 1.807) is 18.5 Å². The molecular weight excluding hydrogens is 243 g/mol. The first-order valence-electron chi connectivity index (χ1n) is 5.74. The normalized spacial score (nSPS) is 10.6. The highest BCUT2D eigenvalue weighted by Crippen LogP contribution is 2.21. The van der Waals surface area contributed by atoms with Crippen LogP contribution in [-0.2, 0) is 0 Å². The molecule has 2 N–H and O–H groups in total. The number of rotatable bonds is 2. The number of aromatic nitrogens is 3. The number of pyridine rings is 1. The van der Waals surface area contributed by atoms with Crippen molar-refractivity contribution in [3.05, 3.63) is 60.9 Å². The van der Waals surface area contributed by atoms with Crippen molar-refractivity contribution >= 4 is 5.69 Å². The Morgan fingerprint density at radius 2 is 1.79 bits per heavy atom. The van der Waals surface area contributed by atoms with Crippen molar-refractivity contribution in [1.29, 1.82) is 0 Å². The molecule has 5 heteroatoms. The van der Waals surface area contributed by atoms with Crippen molar-refractivity contribution in [1.82, 2.24) is 14.8 Å². The van der Waals surface area contributed by atoms with Gasteiger partial charge in [-0.2, -0.15) is 5.10 Å². The second kappa shape index (κ2) is 4.53. The first kappa shape index (κ1) is 11.4. The van der Waals surface area contributed by atoms with E-state index in [1.165, 1.54) is 17.1 Å². The Hall–Kier alpha value is -2.69. The van der Waals surface area contributed by atoms with Gasteiger partial charge in [0, 0.05) is 23.6 Å². The summed E-state index contributed by atoms with van der Waals surface area (Å²) in [4.78, 5) is 3.72. The number of halogens is 1. The van der Waals surface area contributed by atoms with Gasteiger partial charge < -0.3 is 5.73 Å². The molecule has 0 bridgehead atoms. The second-order valence-electron chi connectivity index (χ2n) is 4.12. The molecule has 0 saturated heterocycles. The van der Waals surface area contributed by atoms with Crippen LogP contribution < -0.4 is 5.73 Å². The number of nitrogen functional groups attached to an aromatic ring is 1. The van der Waals surface area contributed by atoms with Crippen molar-refractivity contribution in [2.75, 3.05) is 5.73 Å². The molecule has 0 fully saturated rings. The fraction of sp³-hybridized carbons (Fsp3) is 0. The van der Waals surface area contributed by atoms with Crippen LogP contribution in [0.3, 0.4) is 0 Å². The summed E-state index contributed by atoms with van der Waals surface area (Å²) < 4.78 is 15.1. The number of nitrogens with zero attached hydrogens (tertiary/aromatic N) is 3. The highest BCUT2D eigenvalue weighted by molar-refractivity contribution is 5.64. The lowest BCUT2D eigenvalue weighted by Crippen LogP contribution is -1.97. The Kier molecular flexibility index (Phi) is 2.72. The zero-order chi connectivity index (χ0) is 13.2. The minimum Gasteiger partial charge on any atom is -0.399 e. The second-order valence-corrected chi connectivity index (χ2v) is 4.12. The molecule has 2 aromatic heterocycles. The zero-order valence-corrected chi connectivity index (χ0v) is 9.99. The van der Waals surface area contributed by atoms with E-state index in [4.69, 9.17) is 5.73 Å². The highest BCUT2D eigenvalue weighted by atomic mass is 19.1. The molecule has 19 heavy (non-hydrogen) atoms. The number of benzene rings is 1. The third-order valence-electron chi connectivity index (χ3n) is 2.82. The van der Waals surface area contributed by atoms with Crippen molar-refractivity contribution in [2.24, 2.45) is 0 Å². The summed E-state index contributed by atoms with van der Waals surface area (Å²) in [6, 6.07) is 9.02. The minimum atomic E-state index is -0.408. The Morgan fingerprint density at radius 3 is 2.53 bits per heavy atom. The molecule has 0 saturated carbocycles. The quantitative estimate of drug-likeness (QED) is 0.715. The van der Waals surface area contributed by atoms with Gasteiger partial charge in [0.2, 0.25) is 0 Å². The van der Waals surface area contributed by atoms with E-state index in [9.17, 15) is 4.39 Å². The lowest BCUT2D eigenvalue weighted by molar-refractivity contribution is 0.604. The van der Waals surface area contributed by atoms with Crippen LogP contribution in [0.4, 0.5) is 10.1 Å². The van der Waals surface area contributed by atoms with E-state index >= 15 is 0 Å². The summed E-state index contributed by atoms with van der Waals surface area (Å²) in [5.74, 6) is -0.408. The molecule has 0 radical (unpaired) electrons. The van der Waals surface area contributed by atoms with Crippen LogP contribution >= 0.6 is 0 Å². The Bertz CT molecular complexity index is 703. The Labute approximate surface area is 109 Å². The number of hydrogen-bond donors (Lipinski definition) is 1. The average molecular weight is 254 g/mol. The molecule has 0 spiro atoms. The maximum atomic E-state index is 13.6. The molecule has 0 aliphatic carbocycles. The van der Waals surface area contributed by atoms with Crippen LogP contribution in [0.25, 0.3) is 16.8 Å². The van der Waals surface area contributed by atoms with Gasteiger partial charge in [0.05, 0.1) is 12.4 Å². The lowest BCUT2D eigenvalue weighted by atomic mass is 10.1. The minimum absolute atomic E-state index is 0.372. The molecule has 4 nitrogen and oxygen atoms in total. The van der Waals surface area contributed by atoms with Crippen LogP contribution in [0.5, 0.6) is 0 Å². The van der Waals surface area contributed by atoms with E-state index < -0.39 is 5.82 Å². The Morgan fingerprint density at radius 1 is 1.00 bits per heavy atom. The molecule has 0 amide bonds. The number of anilines is 1. The Balaban J connectivity index is 2.00. The van der Waals surface area contributed by atoms with Gasteiger partial charge in [-0.1, -0.05) is 12.1 Å². The zero-order valence-electron chi connectivity index (χ0n) is 9.99. The average Bonchev–Trinajstić information content (AvgIpc) is 2.89. The topological polar surface area (TPSA) is 56.7 Å². The summed E-state index contributed by atoms with van der Waals surface area (Å²) in [6.07, 6.45) is 6.15.